The van der Waals surface area contributed by atoms with Crippen molar-refractivity contribution in [1.29, 1.82) is 0 Å². The molecule has 0 atom stereocenters. The van der Waals surface area contributed by atoms with Crippen molar-refractivity contribution < 1.29 is 0 Å². The van der Waals surface area contributed by atoms with E-state index in [1.54, 1.807) is 0 Å². The van der Waals surface area contributed by atoms with Crippen LogP contribution in [0.3, 0.4) is 0 Å². The molecule has 0 aliphatic rings. The Morgan fingerprint density at radius 1 is 0.190 bits per heavy atom. The molecule has 0 saturated carbocycles. The molecule has 0 fully saturated rings. The molecule has 0 aliphatic heterocycles. The first-order valence-electron chi connectivity index (χ1n) is 27.7. The van der Waals surface area contributed by atoms with Crippen LogP contribution in [-0.2, 0) is 0 Å². The normalized spacial score (nSPS) is 11.7. The lowest BCUT2D eigenvalue weighted by Gasteiger charge is -2.07. The molecule has 0 amide bonds. The van der Waals surface area contributed by atoms with E-state index in [4.69, 9.17) is 5.73 Å². The van der Waals surface area contributed by atoms with Gasteiger partial charge in [-0.25, -0.2) is 0 Å². The smallest absolute Gasteiger partial charge is 0.00368 e. The molecule has 0 aromatic heterocycles. The fraction of sp³-hybridized carbons (Fsp3) is 1.00. The van der Waals surface area contributed by atoms with Gasteiger partial charge in [-0.3, -0.25) is 0 Å². The highest BCUT2D eigenvalue weighted by atomic mass is 14.9. The third-order valence-electron chi connectivity index (χ3n) is 12.9. The maximum Gasteiger partial charge on any atom is -0.00368 e. The molecular weight excluding hydrogens is 705 g/mol. The molecule has 5 N–H and O–H groups in total. The minimum atomic E-state index is 0.794. The first-order chi connectivity index (χ1) is 28.9. The molecule has 0 heterocycles. The topological polar surface area (TPSA) is 62.1 Å². The average molecular weight is 820 g/mol. The Bertz CT molecular complexity index is 615. The van der Waals surface area contributed by atoms with E-state index in [1.807, 2.05) is 0 Å². The Balaban J connectivity index is 3.05. The van der Waals surface area contributed by atoms with Crippen LogP contribution in [0, 0.1) is 0 Å². The highest BCUT2D eigenvalue weighted by Gasteiger charge is 1.99. The van der Waals surface area contributed by atoms with Gasteiger partial charge in [0.05, 0.1) is 0 Å². The van der Waals surface area contributed by atoms with E-state index in [0.29, 0.717) is 0 Å². The van der Waals surface area contributed by atoms with Gasteiger partial charge >= 0.3 is 0 Å². The molecule has 0 radical (unpaired) electrons. The molecule has 0 saturated heterocycles. The number of nitrogens with one attached hydrogen (secondary N) is 3. The summed E-state index contributed by atoms with van der Waals surface area (Å²) in [4.78, 5) is 0. The second-order valence-corrected chi connectivity index (χ2v) is 18.9. The van der Waals surface area contributed by atoms with Gasteiger partial charge in [0.2, 0.25) is 0 Å². The van der Waals surface area contributed by atoms with Crippen molar-refractivity contribution in [1.82, 2.24) is 16.0 Å². The zero-order valence-electron chi connectivity index (χ0n) is 40.6. The Morgan fingerprint density at radius 2 is 0.345 bits per heavy atom. The lowest BCUT2D eigenvalue weighted by atomic mass is 10.0. The summed E-state index contributed by atoms with van der Waals surface area (Å²) in [6, 6.07) is 0. The fourth-order valence-corrected chi connectivity index (χ4v) is 8.83. The SMILES string of the molecule is CCCCCCCCCCCCCCCCCCCCCCCCCCCCCCCCCCCCCCCCCCCCNCCCNCCCCNCCCN. The molecule has 350 valence electrons. The summed E-state index contributed by atoms with van der Waals surface area (Å²) < 4.78 is 0. The molecule has 58 heavy (non-hydrogen) atoms. The van der Waals surface area contributed by atoms with Gasteiger partial charge in [-0.2, -0.15) is 0 Å². The standard InChI is InChI=1S/C54H114N4/c1-2-3-4-5-6-7-8-9-10-11-12-13-14-15-16-17-18-19-20-21-22-23-24-25-26-27-28-29-30-31-32-33-34-35-36-37-38-39-40-41-42-43-49-57-53-47-54-58-51-45-44-50-56-52-46-48-55/h56-58H,2-55H2,1H3. The van der Waals surface area contributed by atoms with Crippen molar-refractivity contribution in [2.24, 2.45) is 5.73 Å². The molecule has 0 unspecified atom stereocenters. The van der Waals surface area contributed by atoms with Gasteiger partial charge in [-0.05, 0) is 77.9 Å². The van der Waals surface area contributed by atoms with Crippen LogP contribution < -0.4 is 21.7 Å². The van der Waals surface area contributed by atoms with Gasteiger partial charge in [-0.1, -0.05) is 270 Å². The first-order valence-corrected chi connectivity index (χ1v) is 27.7. The Kier molecular flexibility index (Phi) is 56.7. The van der Waals surface area contributed by atoms with E-state index in [9.17, 15) is 0 Å². The predicted octanol–water partition coefficient (Wildman–Crippen LogP) is 16.7. The van der Waals surface area contributed by atoms with Crippen LogP contribution in [0.5, 0.6) is 0 Å². The fourth-order valence-electron chi connectivity index (χ4n) is 8.83. The van der Waals surface area contributed by atoms with Crippen LogP contribution in [0.1, 0.15) is 302 Å². The van der Waals surface area contributed by atoms with Gasteiger partial charge in [0.15, 0.2) is 0 Å². The molecule has 4 nitrogen and oxygen atoms in total. The highest BCUT2D eigenvalue weighted by Crippen LogP contribution is 2.18. The quantitative estimate of drug-likeness (QED) is 0.0462. The average Bonchev–Trinajstić information content (AvgIpc) is 3.23. The van der Waals surface area contributed by atoms with Gasteiger partial charge in [0.1, 0.15) is 0 Å². The summed E-state index contributed by atoms with van der Waals surface area (Å²) in [5.41, 5.74) is 5.51. The molecule has 0 spiro atoms. The van der Waals surface area contributed by atoms with E-state index in [1.165, 1.54) is 295 Å². The maximum absolute atomic E-state index is 5.51. The van der Waals surface area contributed by atoms with Crippen LogP contribution in [0.25, 0.3) is 0 Å². The van der Waals surface area contributed by atoms with Gasteiger partial charge < -0.3 is 21.7 Å². The number of nitrogens with two attached hydrogens (primary N) is 1. The van der Waals surface area contributed by atoms with Crippen molar-refractivity contribution in [3.63, 3.8) is 0 Å². The van der Waals surface area contributed by atoms with Crippen molar-refractivity contribution in [3.8, 4) is 0 Å². The minimum absolute atomic E-state index is 0.794. The van der Waals surface area contributed by atoms with Crippen molar-refractivity contribution in [2.75, 3.05) is 45.8 Å². The summed E-state index contributed by atoms with van der Waals surface area (Å²) in [6.07, 6.45) is 66.9. The van der Waals surface area contributed by atoms with E-state index in [0.717, 1.165) is 45.7 Å². The lowest BCUT2D eigenvalue weighted by molar-refractivity contribution is 0.508. The summed E-state index contributed by atoms with van der Waals surface area (Å²) in [5, 5.41) is 10.7. The molecule has 0 aromatic rings. The highest BCUT2D eigenvalue weighted by molar-refractivity contribution is 4.57. The monoisotopic (exact) mass is 819 g/mol. The summed E-state index contributed by atoms with van der Waals surface area (Å²) >= 11 is 0. The zero-order chi connectivity index (χ0) is 41.6. The van der Waals surface area contributed by atoms with Gasteiger partial charge in [0, 0.05) is 0 Å². The number of unbranched alkanes of at least 4 members (excludes halogenated alkanes) is 42. The van der Waals surface area contributed by atoms with Crippen LogP contribution >= 0.6 is 0 Å². The second kappa shape index (κ2) is 56.8. The van der Waals surface area contributed by atoms with Crippen molar-refractivity contribution >= 4 is 0 Å². The Morgan fingerprint density at radius 3 is 0.552 bits per heavy atom. The van der Waals surface area contributed by atoms with E-state index >= 15 is 0 Å². The summed E-state index contributed by atoms with van der Waals surface area (Å²) in [6.45, 7) is 9.96. The molecule has 0 rings (SSSR count). The number of rotatable bonds is 55. The van der Waals surface area contributed by atoms with Crippen LogP contribution in [0.2, 0.25) is 0 Å². The number of hydrogen-bond acceptors (Lipinski definition) is 4. The Labute approximate surface area is 368 Å². The van der Waals surface area contributed by atoms with Gasteiger partial charge in [-0.15, -0.1) is 0 Å². The largest absolute Gasteiger partial charge is 0.330 e. The number of hydrogen-bond donors (Lipinski definition) is 4. The summed E-state index contributed by atoms with van der Waals surface area (Å²) in [5.74, 6) is 0. The van der Waals surface area contributed by atoms with Gasteiger partial charge in [0.25, 0.3) is 0 Å². The zero-order valence-corrected chi connectivity index (χ0v) is 40.6. The van der Waals surface area contributed by atoms with Crippen molar-refractivity contribution in [3.05, 3.63) is 0 Å². The Hall–Kier alpha value is -0.160. The molecule has 0 aromatic carbocycles. The maximum atomic E-state index is 5.51. The third kappa shape index (κ3) is 55.8. The van der Waals surface area contributed by atoms with E-state index in [-0.39, 0.29) is 0 Å². The third-order valence-corrected chi connectivity index (χ3v) is 12.9. The minimum Gasteiger partial charge on any atom is -0.330 e. The molecule has 0 bridgehead atoms. The van der Waals surface area contributed by atoms with Crippen LogP contribution in [0.15, 0.2) is 0 Å². The van der Waals surface area contributed by atoms with E-state index < -0.39 is 0 Å². The molecule has 0 aliphatic carbocycles. The predicted molar refractivity (Wildman–Crippen MR) is 266 cm³/mol. The second-order valence-electron chi connectivity index (χ2n) is 18.9. The molecular formula is C54H114N4. The van der Waals surface area contributed by atoms with E-state index in [2.05, 4.69) is 22.9 Å². The lowest BCUT2D eigenvalue weighted by Crippen LogP contribution is -2.24. The van der Waals surface area contributed by atoms with Crippen LogP contribution in [-0.4, -0.2) is 45.8 Å². The first kappa shape index (κ1) is 57.8. The van der Waals surface area contributed by atoms with Crippen LogP contribution in [0.4, 0.5) is 0 Å². The van der Waals surface area contributed by atoms with Crippen molar-refractivity contribution in [2.45, 2.75) is 302 Å². The molecule has 4 heteroatoms. The summed E-state index contributed by atoms with van der Waals surface area (Å²) in [7, 11) is 0.